The predicted molar refractivity (Wildman–Crippen MR) is 185 cm³/mol. The Labute approximate surface area is 259 Å². The van der Waals surface area contributed by atoms with Crippen LogP contribution in [0.1, 0.15) is 12.1 Å². The molecule has 0 amide bonds. The first kappa shape index (κ1) is 25.4. The zero-order valence-electron chi connectivity index (χ0n) is 24.4. The van der Waals surface area contributed by atoms with Crippen molar-refractivity contribution < 1.29 is 0 Å². The number of fused-ring (bicyclic) bond motifs is 7. The van der Waals surface area contributed by atoms with Crippen LogP contribution in [0.3, 0.4) is 0 Å². The maximum Gasteiger partial charge on any atom is 0.235 e. The van der Waals surface area contributed by atoms with Gasteiger partial charge in [0, 0.05) is 38.9 Å². The Kier molecular flexibility index (Phi) is 5.81. The number of aromatic nitrogens is 5. The van der Waals surface area contributed by atoms with Gasteiger partial charge in [-0.15, -0.1) is 0 Å². The van der Waals surface area contributed by atoms with E-state index >= 15 is 0 Å². The maximum atomic E-state index is 5.30. The van der Waals surface area contributed by atoms with Crippen molar-refractivity contribution in [1.29, 1.82) is 0 Å². The summed E-state index contributed by atoms with van der Waals surface area (Å²) in [5, 5.41) is 4.63. The van der Waals surface area contributed by atoms with Gasteiger partial charge in [0.05, 0.1) is 33.5 Å². The Bertz CT molecular complexity index is 2500. The number of hydrogen-bond donors (Lipinski definition) is 0. The molecule has 0 radical (unpaired) electrons. The van der Waals surface area contributed by atoms with Crippen LogP contribution in [0.15, 0.2) is 152 Å². The van der Waals surface area contributed by atoms with E-state index in [1.54, 1.807) is 0 Å². The molecular weight excluding hydrogens is 550 g/mol. The molecule has 0 bridgehead atoms. The van der Waals surface area contributed by atoms with Gasteiger partial charge in [-0.1, -0.05) is 115 Å². The van der Waals surface area contributed by atoms with Crippen LogP contribution in [0.4, 0.5) is 0 Å². The van der Waals surface area contributed by atoms with Crippen LogP contribution in [0, 0.1) is 0 Å². The maximum absolute atomic E-state index is 5.30. The average molecular weight is 578 g/mol. The first-order valence-corrected chi connectivity index (χ1v) is 15.2. The van der Waals surface area contributed by atoms with Gasteiger partial charge in [-0.25, -0.2) is 15.0 Å². The summed E-state index contributed by atoms with van der Waals surface area (Å²) in [5.41, 5.74) is 8.15. The molecule has 212 valence electrons. The number of pyridine rings is 1. The van der Waals surface area contributed by atoms with Crippen LogP contribution in [0.5, 0.6) is 0 Å². The van der Waals surface area contributed by atoms with E-state index in [9.17, 15) is 0 Å². The molecule has 0 fully saturated rings. The summed E-state index contributed by atoms with van der Waals surface area (Å²) in [6, 6.07) is 40.1. The van der Waals surface area contributed by atoms with Crippen molar-refractivity contribution in [2.24, 2.45) is 0 Å². The number of nitrogens with zero attached hydrogens (tertiary/aromatic N) is 5. The van der Waals surface area contributed by atoms with Crippen LogP contribution in [0.25, 0.3) is 72.2 Å². The molecule has 0 spiro atoms. The average Bonchev–Trinajstić information content (AvgIpc) is 3.47. The highest BCUT2D eigenvalue weighted by atomic mass is 15.2. The van der Waals surface area contributed by atoms with E-state index in [-0.39, 0.29) is 0 Å². The molecule has 1 aliphatic carbocycles. The van der Waals surface area contributed by atoms with Crippen molar-refractivity contribution in [1.82, 2.24) is 24.1 Å². The lowest BCUT2D eigenvalue weighted by molar-refractivity contribution is 0.981. The van der Waals surface area contributed by atoms with Gasteiger partial charge in [0.15, 0.2) is 0 Å². The minimum atomic E-state index is 0.630. The summed E-state index contributed by atoms with van der Waals surface area (Å²) in [5.74, 6) is 1.50. The van der Waals surface area contributed by atoms with Crippen molar-refractivity contribution in [3.05, 3.63) is 158 Å². The molecule has 0 N–H and O–H groups in total. The number of para-hydroxylation sites is 2. The molecule has 0 saturated heterocycles. The highest BCUT2D eigenvalue weighted by molar-refractivity contribution is 6.23. The van der Waals surface area contributed by atoms with Gasteiger partial charge in [0.1, 0.15) is 5.82 Å². The monoisotopic (exact) mass is 577 g/mol. The second-order valence-corrected chi connectivity index (χ2v) is 11.2. The van der Waals surface area contributed by atoms with E-state index in [0.717, 1.165) is 73.0 Å². The van der Waals surface area contributed by atoms with E-state index in [1.807, 2.05) is 24.4 Å². The number of hydrogen-bond acceptors (Lipinski definition) is 3. The van der Waals surface area contributed by atoms with Crippen LogP contribution in [-0.2, 0) is 0 Å². The lowest BCUT2D eigenvalue weighted by atomic mass is 10.1. The largest absolute Gasteiger partial charge is 0.292 e. The zero-order valence-corrected chi connectivity index (χ0v) is 24.4. The van der Waals surface area contributed by atoms with Gasteiger partial charge in [0.2, 0.25) is 5.95 Å². The second-order valence-electron chi connectivity index (χ2n) is 11.2. The molecule has 0 aliphatic heterocycles. The second kappa shape index (κ2) is 10.3. The smallest absolute Gasteiger partial charge is 0.235 e. The number of rotatable bonds is 4. The minimum absolute atomic E-state index is 0.630. The van der Waals surface area contributed by atoms with Crippen LogP contribution < -0.4 is 0 Å². The van der Waals surface area contributed by atoms with E-state index < -0.39 is 0 Å². The standard InChI is InChI=1S/C40H27N5/c1-2-5-15-27(14-4-1)33-26-34(28-16-6-3-7-17-28)43-40(42-33)45-36-21-11-9-19-30(36)32-24-23-31-29-18-8-10-20-35(29)44(38(31)39(32)45)37-22-12-13-25-41-37/h1,3-26H,2H2. The quantitative estimate of drug-likeness (QED) is 0.209. The molecule has 0 atom stereocenters. The number of allylic oxidation sites excluding steroid dienone is 6. The lowest BCUT2D eigenvalue weighted by Crippen LogP contribution is -2.06. The van der Waals surface area contributed by atoms with Crippen molar-refractivity contribution in [3.8, 4) is 23.0 Å². The molecule has 8 aromatic rings. The molecule has 5 heteroatoms. The molecular formula is C40H27N5. The third-order valence-corrected chi connectivity index (χ3v) is 8.61. The van der Waals surface area contributed by atoms with Crippen molar-refractivity contribution in [3.63, 3.8) is 0 Å². The SMILES string of the molecule is C1=CCC=CC(c2cc(-c3ccccc3)nc(-n3c4ccccc4c4ccc5c6ccccc6n(-c6ccccn6)c5c43)n2)=C1. The Hall–Kier alpha value is -6.07. The molecule has 1 aliphatic rings. The fraction of sp³-hybridized carbons (Fsp3) is 0.0250. The Morgan fingerprint density at radius 3 is 1.98 bits per heavy atom. The molecule has 0 saturated carbocycles. The van der Waals surface area contributed by atoms with Crippen molar-refractivity contribution in [2.75, 3.05) is 0 Å². The fourth-order valence-corrected chi connectivity index (χ4v) is 6.62. The summed E-state index contributed by atoms with van der Waals surface area (Å²) in [4.78, 5) is 15.4. The van der Waals surface area contributed by atoms with Crippen LogP contribution in [0.2, 0.25) is 0 Å². The first-order valence-electron chi connectivity index (χ1n) is 15.2. The topological polar surface area (TPSA) is 48.5 Å². The summed E-state index contributed by atoms with van der Waals surface area (Å²) in [6.45, 7) is 0. The van der Waals surface area contributed by atoms with E-state index in [4.69, 9.17) is 15.0 Å². The normalized spacial score (nSPS) is 13.2. The van der Waals surface area contributed by atoms with Gasteiger partial charge in [-0.2, -0.15) is 0 Å². The van der Waals surface area contributed by atoms with Crippen LogP contribution in [-0.4, -0.2) is 24.1 Å². The third-order valence-electron chi connectivity index (χ3n) is 8.61. The van der Waals surface area contributed by atoms with Gasteiger partial charge in [-0.05, 0) is 36.8 Å². The van der Waals surface area contributed by atoms with Crippen molar-refractivity contribution >= 4 is 49.2 Å². The predicted octanol–water partition coefficient (Wildman–Crippen LogP) is 9.63. The highest BCUT2D eigenvalue weighted by Gasteiger charge is 2.23. The summed E-state index contributed by atoms with van der Waals surface area (Å²) in [6.07, 6.45) is 13.5. The molecule has 4 aromatic heterocycles. The Balaban J connectivity index is 1.46. The molecule has 9 rings (SSSR count). The summed E-state index contributed by atoms with van der Waals surface area (Å²) < 4.78 is 4.53. The number of benzene rings is 4. The Morgan fingerprint density at radius 1 is 0.556 bits per heavy atom. The van der Waals surface area contributed by atoms with Gasteiger partial charge < -0.3 is 0 Å². The lowest BCUT2D eigenvalue weighted by Gasteiger charge is -2.13. The molecule has 45 heavy (non-hydrogen) atoms. The van der Waals surface area contributed by atoms with Crippen molar-refractivity contribution in [2.45, 2.75) is 6.42 Å². The molecule has 5 nitrogen and oxygen atoms in total. The van der Waals surface area contributed by atoms with Crippen LogP contribution >= 0.6 is 0 Å². The van der Waals surface area contributed by atoms with E-state index in [1.165, 1.54) is 5.39 Å². The summed E-state index contributed by atoms with van der Waals surface area (Å²) in [7, 11) is 0. The van der Waals surface area contributed by atoms with Gasteiger partial charge in [-0.3, -0.25) is 9.13 Å². The third kappa shape index (κ3) is 4.05. The molecule has 4 heterocycles. The van der Waals surface area contributed by atoms with Gasteiger partial charge in [0.25, 0.3) is 0 Å². The minimum Gasteiger partial charge on any atom is -0.292 e. The fourth-order valence-electron chi connectivity index (χ4n) is 6.62. The summed E-state index contributed by atoms with van der Waals surface area (Å²) >= 11 is 0. The zero-order chi connectivity index (χ0) is 29.7. The first-order chi connectivity index (χ1) is 22.3. The molecule has 0 unspecified atom stereocenters. The van der Waals surface area contributed by atoms with E-state index in [2.05, 4.69) is 137 Å². The Morgan fingerprint density at radius 2 is 1.22 bits per heavy atom. The van der Waals surface area contributed by atoms with Gasteiger partial charge >= 0.3 is 0 Å². The highest BCUT2D eigenvalue weighted by Crippen LogP contribution is 2.41. The molecule has 4 aromatic carbocycles. The van der Waals surface area contributed by atoms with E-state index in [0.29, 0.717) is 5.95 Å².